The van der Waals surface area contributed by atoms with Crippen molar-refractivity contribution in [2.45, 2.75) is 12.3 Å². The van der Waals surface area contributed by atoms with Crippen molar-refractivity contribution in [1.29, 1.82) is 0 Å². The zero-order chi connectivity index (χ0) is 19.2. The Balaban J connectivity index is 1.67. The first-order valence-electron chi connectivity index (χ1n) is 10.1. The monoisotopic (exact) mass is 372 g/mol. The molecule has 6 rings (SSSR count). The molecule has 0 N–H and O–H groups in total. The van der Waals surface area contributed by atoms with Crippen molar-refractivity contribution in [2.75, 3.05) is 0 Å². The maximum absolute atomic E-state index is 6.46. The third-order valence-electron chi connectivity index (χ3n) is 6.06. The molecule has 0 atom stereocenters. The number of ether oxygens (including phenoxy) is 1. The number of fused-ring (bicyclic) bond motifs is 6. The van der Waals surface area contributed by atoms with E-state index >= 15 is 0 Å². The summed E-state index contributed by atoms with van der Waals surface area (Å²) in [7, 11) is 0. The minimum Gasteiger partial charge on any atom is -0.457 e. The average Bonchev–Trinajstić information content (AvgIpc) is 2.79. The third-order valence-corrected chi connectivity index (χ3v) is 6.06. The highest BCUT2D eigenvalue weighted by Crippen LogP contribution is 2.50. The molecule has 1 heteroatoms. The summed E-state index contributed by atoms with van der Waals surface area (Å²) in [6.07, 6.45) is 0.951. The highest BCUT2D eigenvalue weighted by molar-refractivity contribution is 5.94. The Hall–Kier alpha value is -3.58. The fraction of sp³-hybridized carbons (Fsp3) is 0.0714. The molecule has 0 spiro atoms. The molecule has 0 radical (unpaired) electrons. The summed E-state index contributed by atoms with van der Waals surface area (Å²) < 4.78 is 6.46. The van der Waals surface area contributed by atoms with Gasteiger partial charge < -0.3 is 4.74 Å². The summed E-state index contributed by atoms with van der Waals surface area (Å²) in [5.41, 5.74) is 3.95. The summed E-state index contributed by atoms with van der Waals surface area (Å²) >= 11 is 0. The van der Waals surface area contributed by atoms with Gasteiger partial charge in [0.25, 0.3) is 0 Å². The Morgan fingerprint density at radius 3 is 1.62 bits per heavy atom. The summed E-state index contributed by atoms with van der Waals surface area (Å²) in [6.45, 7) is 0. The zero-order valence-corrected chi connectivity index (χ0v) is 16.0. The number of hydrogen-bond acceptors (Lipinski definition) is 1. The summed E-state index contributed by atoms with van der Waals surface area (Å²) in [5, 5.41) is 5.09. The third kappa shape index (κ3) is 2.62. The van der Waals surface area contributed by atoms with E-state index in [4.69, 9.17) is 4.74 Å². The van der Waals surface area contributed by atoms with Gasteiger partial charge >= 0.3 is 0 Å². The fourth-order valence-electron chi connectivity index (χ4n) is 4.76. The molecule has 1 aliphatic rings. The van der Waals surface area contributed by atoms with E-state index in [1.807, 2.05) is 0 Å². The first-order chi connectivity index (χ1) is 14.4. The van der Waals surface area contributed by atoms with E-state index in [0.29, 0.717) is 0 Å². The number of rotatable bonds is 2. The van der Waals surface area contributed by atoms with E-state index in [2.05, 4.69) is 103 Å². The van der Waals surface area contributed by atoms with Crippen LogP contribution < -0.4 is 4.74 Å². The normalized spacial score (nSPS) is 13.1. The first-order valence-corrected chi connectivity index (χ1v) is 10.1. The predicted octanol–water partition coefficient (Wildman–Crippen LogP) is 7.47. The molecule has 0 saturated heterocycles. The van der Waals surface area contributed by atoms with Crippen LogP contribution in [-0.2, 0) is 6.42 Å². The summed E-state index contributed by atoms with van der Waals surface area (Å²) in [6, 6.07) is 36.7. The fourth-order valence-corrected chi connectivity index (χ4v) is 4.76. The van der Waals surface area contributed by atoms with Crippen molar-refractivity contribution >= 4 is 21.5 Å². The smallest absolute Gasteiger partial charge is 0.131 e. The zero-order valence-electron chi connectivity index (χ0n) is 16.0. The van der Waals surface area contributed by atoms with Crippen molar-refractivity contribution in [2.24, 2.45) is 0 Å². The van der Waals surface area contributed by atoms with Crippen molar-refractivity contribution in [3.63, 3.8) is 0 Å². The molecule has 1 aliphatic heterocycles. The van der Waals surface area contributed by atoms with E-state index in [1.165, 1.54) is 38.2 Å². The largest absolute Gasteiger partial charge is 0.457 e. The van der Waals surface area contributed by atoms with Gasteiger partial charge in [0.2, 0.25) is 0 Å². The van der Waals surface area contributed by atoms with Gasteiger partial charge in [-0.1, -0.05) is 91.0 Å². The van der Waals surface area contributed by atoms with Gasteiger partial charge in [-0.3, -0.25) is 0 Å². The Morgan fingerprint density at radius 1 is 0.517 bits per heavy atom. The summed E-state index contributed by atoms with van der Waals surface area (Å²) in [4.78, 5) is 0. The Kier molecular flexibility index (Phi) is 3.67. The quantitative estimate of drug-likeness (QED) is 0.312. The van der Waals surface area contributed by atoms with Crippen LogP contribution in [0.1, 0.15) is 22.6 Å². The van der Waals surface area contributed by atoms with Gasteiger partial charge in [-0.2, -0.15) is 0 Å². The van der Waals surface area contributed by atoms with Gasteiger partial charge in [0, 0.05) is 17.0 Å². The van der Waals surface area contributed by atoms with Gasteiger partial charge in [0.15, 0.2) is 0 Å². The van der Waals surface area contributed by atoms with Gasteiger partial charge in [-0.05, 0) is 45.7 Å². The van der Waals surface area contributed by atoms with E-state index < -0.39 is 0 Å². The van der Waals surface area contributed by atoms with Gasteiger partial charge in [-0.25, -0.2) is 0 Å². The second-order valence-corrected chi connectivity index (χ2v) is 7.74. The van der Waals surface area contributed by atoms with E-state index in [9.17, 15) is 0 Å². The lowest BCUT2D eigenvalue weighted by atomic mass is 9.79. The van der Waals surface area contributed by atoms with Gasteiger partial charge in [-0.15, -0.1) is 0 Å². The van der Waals surface area contributed by atoms with Crippen LogP contribution in [0.2, 0.25) is 0 Å². The van der Waals surface area contributed by atoms with E-state index in [0.717, 1.165) is 17.9 Å². The van der Waals surface area contributed by atoms with Crippen LogP contribution in [0.15, 0.2) is 103 Å². The molecule has 0 unspecified atom stereocenters. The van der Waals surface area contributed by atoms with Crippen LogP contribution in [0.5, 0.6) is 11.5 Å². The van der Waals surface area contributed by atoms with E-state index in [1.54, 1.807) is 0 Å². The molecule has 138 valence electrons. The number of hydrogen-bond donors (Lipinski definition) is 0. The lowest BCUT2D eigenvalue weighted by Crippen LogP contribution is -2.14. The van der Waals surface area contributed by atoms with Crippen molar-refractivity contribution in [1.82, 2.24) is 0 Å². The Morgan fingerprint density at radius 2 is 1.03 bits per heavy atom. The molecule has 0 aliphatic carbocycles. The molecule has 0 fully saturated rings. The topological polar surface area (TPSA) is 9.23 Å². The Labute approximate surface area is 170 Å². The number of benzene rings is 5. The second-order valence-electron chi connectivity index (χ2n) is 7.74. The highest BCUT2D eigenvalue weighted by Gasteiger charge is 2.30. The molecule has 29 heavy (non-hydrogen) atoms. The molecule has 1 heterocycles. The van der Waals surface area contributed by atoms with Crippen LogP contribution in [0.25, 0.3) is 21.5 Å². The maximum Gasteiger partial charge on any atom is 0.131 e. The summed E-state index contributed by atoms with van der Waals surface area (Å²) in [5.74, 6) is 2.20. The lowest BCUT2D eigenvalue weighted by molar-refractivity contribution is 0.448. The van der Waals surface area contributed by atoms with E-state index in [-0.39, 0.29) is 5.92 Å². The molecule has 5 aromatic rings. The van der Waals surface area contributed by atoms with Crippen LogP contribution in [0, 0.1) is 0 Å². The van der Waals surface area contributed by atoms with Crippen molar-refractivity contribution in [3.05, 3.63) is 120 Å². The molecule has 5 aromatic carbocycles. The highest BCUT2D eigenvalue weighted by atomic mass is 16.5. The molecule has 1 nitrogen and oxygen atoms in total. The van der Waals surface area contributed by atoms with Crippen molar-refractivity contribution in [3.8, 4) is 11.5 Å². The van der Waals surface area contributed by atoms with Gasteiger partial charge in [0.05, 0.1) is 0 Å². The molecule has 0 saturated carbocycles. The van der Waals surface area contributed by atoms with Crippen LogP contribution in [-0.4, -0.2) is 0 Å². The maximum atomic E-state index is 6.46. The standard InChI is InChI=1S/C28H20O/c1-2-8-19(9-3-1)18-24-27-22-12-6-4-10-20(22)14-16-25(27)29-26-17-15-21-11-5-7-13-23(21)28(24)26/h1-17,24H,18H2. The van der Waals surface area contributed by atoms with Crippen LogP contribution >= 0.6 is 0 Å². The first kappa shape index (κ1) is 16.4. The van der Waals surface area contributed by atoms with Crippen molar-refractivity contribution < 1.29 is 4.74 Å². The Bertz CT molecular complexity index is 1270. The molecular formula is C28H20O. The minimum absolute atomic E-state index is 0.244. The average molecular weight is 372 g/mol. The second kappa shape index (κ2) is 6.49. The molecule has 0 aromatic heterocycles. The van der Waals surface area contributed by atoms with Crippen LogP contribution in [0.4, 0.5) is 0 Å². The van der Waals surface area contributed by atoms with Gasteiger partial charge in [0.1, 0.15) is 11.5 Å². The minimum atomic E-state index is 0.244. The SMILES string of the molecule is c1ccc(CC2c3c(ccc4ccccc34)Oc3ccc4ccccc4c32)cc1. The molecule has 0 bridgehead atoms. The van der Waals surface area contributed by atoms with Crippen LogP contribution in [0.3, 0.4) is 0 Å². The predicted molar refractivity (Wildman–Crippen MR) is 120 cm³/mol. The lowest BCUT2D eigenvalue weighted by Gasteiger charge is -2.31. The molecule has 0 amide bonds. The molecular weight excluding hydrogens is 352 g/mol.